The van der Waals surface area contributed by atoms with E-state index in [4.69, 9.17) is 22.1 Å². The Morgan fingerprint density at radius 2 is 2.17 bits per heavy atom. The first kappa shape index (κ1) is 8.43. The van der Waals surface area contributed by atoms with Gasteiger partial charge in [-0.1, -0.05) is 16.8 Å². The predicted octanol–water partition coefficient (Wildman–Crippen LogP) is 0.723. The van der Waals surface area contributed by atoms with Crippen molar-refractivity contribution in [3.05, 3.63) is 23.8 Å². The third kappa shape index (κ3) is 1.68. The molecule has 0 unspecified atom stereocenters. The van der Waals surface area contributed by atoms with Gasteiger partial charge < -0.3 is 5.21 Å². The molecule has 0 aliphatic carbocycles. The molecule has 1 rings (SSSR count). The van der Waals surface area contributed by atoms with E-state index in [0.717, 1.165) is 0 Å². The van der Waals surface area contributed by atoms with Crippen LogP contribution in [0.4, 0.5) is 0 Å². The maximum absolute atomic E-state index is 8.38. The Labute approximate surface area is 72.9 Å². The molecule has 0 amide bonds. The lowest BCUT2D eigenvalue weighted by molar-refractivity contribution is 0.320. The number of hydrogen-bond donors (Lipinski definition) is 1. The molecule has 1 aromatic heterocycles. The van der Waals surface area contributed by atoms with Crippen molar-refractivity contribution < 1.29 is 5.21 Å². The summed E-state index contributed by atoms with van der Waals surface area (Å²) in [6, 6.07) is 1.84. The first-order chi connectivity index (χ1) is 5.77. The van der Waals surface area contributed by atoms with Crippen molar-refractivity contribution >= 4 is 16.8 Å². The molecular weight excluding hydrogens is 180 g/mol. The van der Waals surface area contributed by atoms with E-state index in [1.807, 2.05) is 6.07 Å². The molecule has 0 fully saturated rings. The summed E-state index contributed by atoms with van der Waals surface area (Å²) in [5.41, 5.74) is 0.321. The fraction of sp³-hybridized carbons (Fsp3) is 0. The first-order valence-electron chi connectivity index (χ1n) is 2.88. The van der Waals surface area contributed by atoms with E-state index in [9.17, 15) is 0 Å². The molecule has 0 saturated heterocycles. The molecule has 60 valence electrons. The van der Waals surface area contributed by atoms with Crippen molar-refractivity contribution in [3.63, 3.8) is 0 Å². The van der Waals surface area contributed by atoms with Crippen LogP contribution in [0.15, 0.2) is 17.5 Å². The fourth-order valence-corrected chi connectivity index (χ4v) is 0.635. The van der Waals surface area contributed by atoms with Crippen molar-refractivity contribution in [2.75, 3.05) is 0 Å². The molecule has 12 heavy (non-hydrogen) atoms. The van der Waals surface area contributed by atoms with Crippen LogP contribution < -0.4 is 0 Å². The lowest BCUT2D eigenvalue weighted by Gasteiger charge is -1.92. The van der Waals surface area contributed by atoms with Crippen LogP contribution in [-0.2, 0) is 0 Å². The zero-order valence-corrected chi connectivity index (χ0v) is 6.52. The number of aromatic nitrogens is 2. The Morgan fingerprint density at radius 3 is 2.58 bits per heavy atom. The standard InChI is InChI=1S/C6H3ClN4O/c7-5(11-12)6-9-2-4(1-8)3-10-6/h2-3,12H/b11-5-. The zero-order valence-electron chi connectivity index (χ0n) is 5.77. The molecule has 0 bridgehead atoms. The Bertz CT molecular complexity index is 340. The van der Waals surface area contributed by atoms with Gasteiger partial charge in [0.2, 0.25) is 5.17 Å². The van der Waals surface area contributed by atoms with Gasteiger partial charge in [-0.3, -0.25) is 0 Å². The van der Waals surface area contributed by atoms with Crippen molar-refractivity contribution in [3.8, 4) is 6.07 Å². The third-order valence-corrected chi connectivity index (χ3v) is 1.30. The van der Waals surface area contributed by atoms with Gasteiger partial charge in [-0.2, -0.15) is 5.26 Å². The van der Waals surface area contributed by atoms with Gasteiger partial charge in [0.25, 0.3) is 0 Å². The first-order valence-corrected chi connectivity index (χ1v) is 3.26. The average molecular weight is 183 g/mol. The summed E-state index contributed by atoms with van der Waals surface area (Å²) in [5, 5.41) is 19.1. The Morgan fingerprint density at radius 1 is 1.58 bits per heavy atom. The Kier molecular flexibility index (Phi) is 2.56. The second-order valence-corrected chi connectivity index (χ2v) is 2.16. The van der Waals surface area contributed by atoms with Crippen LogP contribution in [0, 0.1) is 11.3 Å². The average Bonchev–Trinajstić information content (AvgIpc) is 2.17. The largest absolute Gasteiger partial charge is 0.410 e. The highest BCUT2D eigenvalue weighted by atomic mass is 35.5. The summed E-state index contributed by atoms with van der Waals surface area (Å²) in [5.74, 6) is 0.0816. The summed E-state index contributed by atoms with van der Waals surface area (Å²) >= 11 is 5.38. The van der Waals surface area contributed by atoms with Gasteiger partial charge in [0.05, 0.1) is 5.56 Å². The Hall–Kier alpha value is -1.67. The topological polar surface area (TPSA) is 82.2 Å². The van der Waals surface area contributed by atoms with Crippen molar-refractivity contribution in [1.29, 1.82) is 5.26 Å². The molecule has 0 saturated carbocycles. The monoisotopic (exact) mass is 182 g/mol. The van der Waals surface area contributed by atoms with Crippen LogP contribution >= 0.6 is 11.6 Å². The highest BCUT2D eigenvalue weighted by molar-refractivity contribution is 6.68. The molecule has 1 aromatic rings. The molecule has 6 heteroatoms. The van der Waals surface area contributed by atoms with Crippen LogP contribution in [0.5, 0.6) is 0 Å². The van der Waals surface area contributed by atoms with Crippen LogP contribution in [0.3, 0.4) is 0 Å². The summed E-state index contributed by atoms with van der Waals surface area (Å²) in [6.45, 7) is 0. The van der Waals surface area contributed by atoms with Crippen LogP contribution in [0.2, 0.25) is 0 Å². The molecule has 0 aliphatic rings. The Balaban J connectivity index is 3.02. The van der Waals surface area contributed by atoms with Gasteiger partial charge >= 0.3 is 0 Å². The highest BCUT2D eigenvalue weighted by Crippen LogP contribution is 1.98. The quantitative estimate of drug-likeness (QED) is 0.394. The molecule has 0 spiro atoms. The third-order valence-electron chi connectivity index (χ3n) is 1.05. The molecule has 0 atom stereocenters. The van der Waals surface area contributed by atoms with E-state index in [-0.39, 0.29) is 11.0 Å². The SMILES string of the molecule is N#Cc1cnc(/C(Cl)=N/O)nc1. The maximum atomic E-state index is 8.38. The van der Waals surface area contributed by atoms with Gasteiger partial charge in [-0.05, 0) is 0 Å². The van der Waals surface area contributed by atoms with Gasteiger partial charge in [0.1, 0.15) is 6.07 Å². The molecular formula is C6H3ClN4O. The molecule has 1 heterocycles. The van der Waals surface area contributed by atoms with E-state index < -0.39 is 0 Å². The van der Waals surface area contributed by atoms with E-state index in [1.54, 1.807) is 0 Å². The lowest BCUT2D eigenvalue weighted by atomic mass is 10.4. The minimum atomic E-state index is -0.209. The summed E-state index contributed by atoms with van der Waals surface area (Å²) < 4.78 is 0. The second kappa shape index (κ2) is 3.64. The molecule has 0 aliphatic heterocycles. The number of halogens is 1. The predicted molar refractivity (Wildman–Crippen MR) is 40.9 cm³/mol. The number of oxime groups is 1. The van der Waals surface area contributed by atoms with Gasteiger partial charge in [-0.25, -0.2) is 9.97 Å². The van der Waals surface area contributed by atoms with E-state index in [0.29, 0.717) is 5.56 Å². The normalized spacial score (nSPS) is 10.8. The van der Waals surface area contributed by atoms with Gasteiger partial charge in [0, 0.05) is 12.4 Å². The second-order valence-electron chi connectivity index (χ2n) is 1.80. The molecule has 1 N–H and O–H groups in total. The lowest BCUT2D eigenvalue weighted by Crippen LogP contribution is -1.99. The van der Waals surface area contributed by atoms with Crippen molar-refractivity contribution in [2.45, 2.75) is 0 Å². The minimum absolute atomic E-state index is 0.0816. The van der Waals surface area contributed by atoms with Crippen LogP contribution in [0.25, 0.3) is 0 Å². The summed E-state index contributed by atoms with van der Waals surface area (Å²) in [4.78, 5) is 7.33. The van der Waals surface area contributed by atoms with Crippen LogP contribution in [0.1, 0.15) is 11.4 Å². The number of nitriles is 1. The number of nitrogens with zero attached hydrogens (tertiary/aromatic N) is 4. The van der Waals surface area contributed by atoms with E-state index >= 15 is 0 Å². The van der Waals surface area contributed by atoms with Crippen LogP contribution in [-0.4, -0.2) is 20.3 Å². The number of rotatable bonds is 1. The van der Waals surface area contributed by atoms with Gasteiger partial charge in [-0.15, -0.1) is 0 Å². The van der Waals surface area contributed by atoms with E-state index in [2.05, 4.69) is 15.1 Å². The van der Waals surface area contributed by atoms with Gasteiger partial charge in [0.15, 0.2) is 5.82 Å². The van der Waals surface area contributed by atoms with Crippen molar-refractivity contribution in [2.24, 2.45) is 5.16 Å². The summed E-state index contributed by atoms with van der Waals surface area (Å²) in [7, 11) is 0. The number of hydrogen-bond acceptors (Lipinski definition) is 5. The zero-order chi connectivity index (χ0) is 8.97. The smallest absolute Gasteiger partial charge is 0.212 e. The van der Waals surface area contributed by atoms with E-state index in [1.165, 1.54) is 12.4 Å². The summed E-state index contributed by atoms with van der Waals surface area (Å²) in [6.07, 6.45) is 2.58. The van der Waals surface area contributed by atoms with Crippen molar-refractivity contribution in [1.82, 2.24) is 9.97 Å². The molecule has 5 nitrogen and oxygen atoms in total. The molecule has 0 aromatic carbocycles. The maximum Gasteiger partial charge on any atom is 0.212 e. The highest BCUT2D eigenvalue weighted by Gasteiger charge is 2.02. The minimum Gasteiger partial charge on any atom is -0.410 e. The fourth-order valence-electron chi connectivity index (χ4n) is 0.537. The molecule has 0 radical (unpaired) electrons.